The Hall–Kier alpha value is -2.09. The molecule has 2 nitrogen and oxygen atoms in total. The highest BCUT2D eigenvalue weighted by molar-refractivity contribution is 5.84. The van der Waals surface area contributed by atoms with Gasteiger partial charge < -0.3 is 4.42 Å². The quantitative estimate of drug-likeness (QED) is 0.605. The molecule has 0 radical (unpaired) electrons. The van der Waals surface area contributed by atoms with E-state index in [2.05, 4.69) is 30.3 Å². The van der Waals surface area contributed by atoms with E-state index in [1.807, 2.05) is 24.0 Å². The first kappa shape index (κ1) is 10.8. The number of rotatable bonds is 1. The van der Waals surface area contributed by atoms with Gasteiger partial charge >= 0.3 is 0 Å². The van der Waals surface area contributed by atoms with Gasteiger partial charge in [-0.2, -0.15) is 0 Å². The maximum absolute atomic E-state index is 6.01. The molecule has 1 aromatic carbocycles. The van der Waals surface area contributed by atoms with Gasteiger partial charge in [-0.15, -0.1) is 0 Å². The van der Waals surface area contributed by atoms with Crippen LogP contribution in [0, 0.1) is 0 Å². The average molecular weight is 250 g/mol. The molecule has 0 spiro atoms. The van der Waals surface area contributed by atoms with E-state index in [9.17, 15) is 0 Å². The van der Waals surface area contributed by atoms with Crippen molar-refractivity contribution in [3.63, 3.8) is 0 Å². The topological polar surface area (TPSA) is 17.0 Å². The molecule has 2 heterocycles. The molecule has 0 atom stereocenters. The van der Waals surface area contributed by atoms with Gasteiger partial charge in [-0.1, -0.05) is 0 Å². The molecule has 0 saturated heterocycles. The highest BCUT2D eigenvalue weighted by Gasteiger charge is 2.14. The number of aryl methyl sites for hydroxylation is 3. The predicted octanol–water partition coefficient (Wildman–Crippen LogP) is 3.41. The van der Waals surface area contributed by atoms with Crippen LogP contribution in [0.5, 0.6) is 0 Å². The Morgan fingerprint density at radius 1 is 1.00 bits per heavy atom. The largest absolute Gasteiger partial charge is 0.456 e. The van der Waals surface area contributed by atoms with Crippen LogP contribution in [0.25, 0.3) is 22.3 Å². The maximum Gasteiger partial charge on any atom is 0.169 e. The molecule has 0 N–H and O–H groups in total. The van der Waals surface area contributed by atoms with E-state index >= 15 is 0 Å². The van der Waals surface area contributed by atoms with E-state index in [0.717, 1.165) is 16.9 Å². The van der Waals surface area contributed by atoms with Crippen molar-refractivity contribution >= 4 is 11.0 Å². The van der Waals surface area contributed by atoms with Crippen LogP contribution in [0.2, 0.25) is 0 Å². The predicted molar refractivity (Wildman–Crippen MR) is 74.9 cm³/mol. The molecular weight excluding hydrogens is 234 g/mol. The average Bonchev–Trinajstić information content (AvgIpc) is 3.01. The zero-order valence-corrected chi connectivity index (χ0v) is 11.0. The number of nitrogens with zero attached hydrogens (tertiary/aromatic N) is 1. The molecule has 0 saturated carbocycles. The van der Waals surface area contributed by atoms with E-state index in [1.165, 1.54) is 35.8 Å². The highest BCUT2D eigenvalue weighted by atomic mass is 16.3. The molecule has 2 aromatic heterocycles. The summed E-state index contributed by atoms with van der Waals surface area (Å²) in [5.74, 6) is 0.958. The second-order valence-electron chi connectivity index (χ2n) is 5.38. The lowest BCUT2D eigenvalue weighted by atomic mass is 10.1. The van der Waals surface area contributed by atoms with Crippen LogP contribution in [0.3, 0.4) is 0 Å². The van der Waals surface area contributed by atoms with Gasteiger partial charge in [-0.3, -0.25) is 0 Å². The summed E-state index contributed by atoms with van der Waals surface area (Å²) in [6, 6.07) is 10.9. The van der Waals surface area contributed by atoms with Crippen LogP contribution >= 0.6 is 0 Å². The van der Waals surface area contributed by atoms with Crippen molar-refractivity contribution < 1.29 is 8.98 Å². The van der Waals surface area contributed by atoms with Gasteiger partial charge in [-0.05, 0) is 48.6 Å². The lowest BCUT2D eigenvalue weighted by molar-refractivity contribution is -0.671. The number of hydrogen-bond donors (Lipinski definition) is 0. The second kappa shape index (κ2) is 3.95. The standard InChI is InChI=1S/C17H16NO/c1-18-7-5-12(6-8-18)16-11-15-9-13-3-2-4-14(13)10-17(15)19-16/h5-11H,2-4H2,1H3/q+1. The lowest BCUT2D eigenvalue weighted by Gasteiger charge is -1.97. The Morgan fingerprint density at radius 2 is 1.74 bits per heavy atom. The third kappa shape index (κ3) is 1.75. The van der Waals surface area contributed by atoms with Crippen LogP contribution in [-0.2, 0) is 19.9 Å². The van der Waals surface area contributed by atoms with Crippen molar-refractivity contribution in [3.05, 3.63) is 53.9 Å². The summed E-state index contributed by atoms with van der Waals surface area (Å²) in [6.07, 6.45) is 7.78. The minimum absolute atomic E-state index is 0.958. The van der Waals surface area contributed by atoms with E-state index < -0.39 is 0 Å². The van der Waals surface area contributed by atoms with Crippen molar-refractivity contribution in [3.8, 4) is 11.3 Å². The van der Waals surface area contributed by atoms with Gasteiger partial charge in [0.25, 0.3) is 0 Å². The zero-order valence-electron chi connectivity index (χ0n) is 11.0. The van der Waals surface area contributed by atoms with E-state index in [1.54, 1.807) is 0 Å². The lowest BCUT2D eigenvalue weighted by Crippen LogP contribution is -2.25. The molecule has 2 heteroatoms. The molecule has 3 aromatic rings. The number of furan rings is 1. The normalized spacial score (nSPS) is 13.9. The second-order valence-corrected chi connectivity index (χ2v) is 5.38. The van der Waals surface area contributed by atoms with Gasteiger partial charge in [0.05, 0.1) is 0 Å². The summed E-state index contributed by atoms with van der Waals surface area (Å²) in [7, 11) is 2.02. The summed E-state index contributed by atoms with van der Waals surface area (Å²) in [5.41, 5.74) is 5.12. The minimum Gasteiger partial charge on any atom is -0.456 e. The number of benzene rings is 1. The first-order valence-electron chi connectivity index (χ1n) is 6.81. The molecule has 1 aliphatic rings. The number of pyridine rings is 1. The van der Waals surface area contributed by atoms with Gasteiger partial charge in [0.1, 0.15) is 18.4 Å². The smallest absolute Gasteiger partial charge is 0.169 e. The van der Waals surface area contributed by atoms with Crippen molar-refractivity contribution in [2.24, 2.45) is 7.05 Å². The zero-order chi connectivity index (χ0) is 12.8. The van der Waals surface area contributed by atoms with Crippen molar-refractivity contribution in [1.29, 1.82) is 0 Å². The van der Waals surface area contributed by atoms with Crippen LogP contribution in [0.4, 0.5) is 0 Å². The van der Waals surface area contributed by atoms with Crippen molar-refractivity contribution in [2.75, 3.05) is 0 Å². The van der Waals surface area contributed by atoms with Gasteiger partial charge in [0.2, 0.25) is 0 Å². The van der Waals surface area contributed by atoms with Crippen LogP contribution in [0.15, 0.2) is 47.1 Å². The molecule has 4 rings (SSSR count). The summed E-state index contributed by atoms with van der Waals surface area (Å²) in [5, 5.41) is 1.23. The molecule has 19 heavy (non-hydrogen) atoms. The monoisotopic (exact) mass is 250 g/mol. The summed E-state index contributed by atoms with van der Waals surface area (Å²) < 4.78 is 8.04. The number of fused-ring (bicyclic) bond motifs is 2. The molecule has 0 unspecified atom stereocenters. The molecule has 94 valence electrons. The first-order chi connectivity index (χ1) is 9.29. The summed E-state index contributed by atoms with van der Waals surface area (Å²) in [6.45, 7) is 0. The van der Waals surface area contributed by atoms with E-state index in [-0.39, 0.29) is 0 Å². The first-order valence-corrected chi connectivity index (χ1v) is 6.81. The molecule has 0 aliphatic heterocycles. The van der Waals surface area contributed by atoms with Gasteiger partial charge in [-0.25, -0.2) is 4.57 Å². The van der Waals surface area contributed by atoms with Crippen LogP contribution in [0.1, 0.15) is 17.5 Å². The van der Waals surface area contributed by atoms with E-state index in [4.69, 9.17) is 4.42 Å². The molecule has 0 fully saturated rings. The fourth-order valence-electron chi connectivity index (χ4n) is 2.92. The number of hydrogen-bond acceptors (Lipinski definition) is 1. The minimum atomic E-state index is 0.958. The molecule has 0 amide bonds. The third-order valence-corrected chi connectivity index (χ3v) is 3.99. The molecule has 0 bridgehead atoms. The van der Waals surface area contributed by atoms with Gasteiger partial charge in [0.15, 0.2) is 12.4 Å². The fraction of sp³-hybridized carbons (Fsp3) is 0.235. The Morgan fingerprint density at radius 3 is 2.53 bits per heavy atom. The van der Waals surface area contributed by atoms with Crippen LogP contribution < -0.4 is 4.57 Å². The SMILES string of the molecule is C[n+]1ccc(-c2cc3cc4c(cc3o2)CCC4)cc1. The highest BCUT2D eigenvalue weighted by Crippen LogP contribution is 2.32. The van der Waals surface area contributed by atoms with E-state index in [0.29, 0.717) is 0 Å². The van der Waals surface area contributed by atoms with Gasteiger partial charge in [0, 0.05) is 23.1 Å². The molecular formula is C17H16NO+. The Balaban J connectivity index is 1.86. The Bertz CT molecular complexity index is 712. The van der Waals surface area contributed by atoms with Crippen LogP contribution in [-0.4, -0.2) is 0 Å². The summed E-state index contributed by atoms with van der Waals surface area (Å²) >= 11 is 0. The maximum atomic E-state index is 6.01. The van der Waals surface area contributed by atoms with Crippen molar-refractivity contribution in [1.82, 2.24) is 0 Å². The Kier molecular flexibility index (Phi) is 2.25. The third-order valence-electron chi connectivity index (χ3n) is 3.99. The fourth-order valence-corrected chi connectivity index (χ4v) is 2.92. The molecule has 1 aliphatic carbocycles. The summed E-state index contributed by atoms with van der Waals surface area (Å²) in [4.78, 5) is 0. The number of aromatic nitrogens is 1. The Labute approximate surface area is 112 Å². The van der Waals surface area contributed by atoms with Crippen molar-refractivity contribution in [2.45, 2.75) is 19.3 Å².